The van der Waals surface area contributed by atoms with Gasteiger partial charge in [0, 0.05) is 12.6 Å². The molecule has 18 heavy (non-hydrogen) atoms. The largest absolute Gasteiger partial charge is 0.397 e. The lowest BCUT2D eigenvalue weighted by Gasteiger charge is -2.26. The molecule has 0 bridgehead atoms. The van der Waals surface area contributed by atoms with Crippen molar-refractivity contribution in [2.75, 3.05) is 32.1 Å². The van der Waals surface area contributed by atoms with Crippen molar-refractivity contribution in [3.63, 3.8) is 0 Å². The predicted octanol–water partition coefficient (Wildman–Crippen LogP) is 1.19. The summed E-state index contributed by atoms with van der Waals surface area (Å²) in [6.45, 7) is 5.10. The molecule has 1 aromatic rings. The summed E-state index contributed by atoms with van der Waals surface area (Å²) < 4.78 is 5.19. The van der Waals surface area contributed by atoms with Crippen LogP contribution in [0.3, 0.4) is 0 Å². The fraction of sp³-hybridized carbons (Fsp3) is 0.583. The first kappa shape index (κ1) is 14.9. The summed E-state index contributed by atoms with van der Waals surface area (Å²) in [5.74, 6) is -0.0647. The molecule has 0 aliphatic rings. The van der Waals surface area contributed by atoms with Gasteiger partial charge in [0.15, 0.2) is 0 Å². The van der Waals surface area contributed by atoms with E-state index in [0.717, 1.165) is 0 Å². The van der Waals surface area contributed by atoms with Crippen molar-refractivity contribution in [3.05, 3.63) is 16.3 Å². The molecule has 0 saturated carbocycles. The zero-order valence-corrected chi connectivity index (χ0v) is 11.6. The second kappa shape index (κ2) is 7.35. The number of nitrogens with two attached hydrogens (primary N) is 1. The molecule has 1 rings (SSSR count). The molecule has 0 aromatic carbocycles. The molecule has 0 aliphatic carbocycles. The summed E-state index contributed by atoms with van der Waals surface area (Å²) in [6.07, 6.45) is 0. The Labute approximate surface area is 111 Å². The lowest BCUT2D eigenvalue weighted by molar-refractivity contribution is 0.0511. The van der Waals surface area contributed by atoms with Crippen LogP contribution in [0, 0.1) is 0 Å². The van der Waals surface area contributed by atoms with Crippen molar-refractivity contribution in [1.29, 1.82) is 0 Å². The Balaban J connectivity index is 2.62. The number of carbonyl (C=O) groups excluding carboxylic acids is 1. The van der Waals surface area contributed by atoms with Crippen molar-refractivity contribution in [3.8, 4) is 0 Å². The lowest BCUT2D eigenvalue weighted by Crippen LogP contribution is -2.39. The molecule has 5 nitrogen and oxygen atoms in total. The van der Waals surface area contributed by atoms with Gasteiger partial charge < -0.3 is 20.5 Å². The first-order valence-corrected chi connectivity index (χ1v) is 6.78. The van der Waals surface area contributed by atoms with Gasteiger partial charge in [-0.05, 0) is 25.3 Å². The first-order chi connectivity index (χ1) is 8.57. The van der Waals surface area contributed by atoms with Gasteiger partial charge in [0.2, 0.25) is 0 Å². The van der Waals surface area contributed by atoms with Crippen LogP contribution in [0.2, 0.25) is 0 Å². The van der Waals surface area contributed by atoms with E-state index in [9.17, 15) is 4.79 Å². The van der Waals surface area contributed by atoms with Gasteiger partial charge in [0.05, 0.1) is 25.5 Å². The smallest absolute Gasteiger partial charge is 0.266 e. The van der Waals surface area contributed by atoms with Crippen molar-refractivity contribution in [2.45, 2.75) is 19.9 Å². The number of hydrogen-bond donors (Lipinski definition) is 2. The van der Waals surface area contributed by atoms with Gasteiger partial charge in [-0.2, -0.15) is 0 Å². The lowest BCUT2D eigenvalue weighted by atomic mass is 10.2. The van der Waals surface area contributed by atoms with Crippen molar-refractivity contribution < 1.29 is 14.6 Å². The number of nitrogens with zero attached hydrogens (tertiary/aromatic N) is 1. The molecular formula is C12H20N2O3S. The van der Waals surface area contributed by atoms with Crippen LogP contribution in [0.4, 0.5) is 5.69 Å². The molecule has 102 valence electrons. The van der Waals surface area contributed by atoms with E-state index in [1.807, 2.05) is 19.2 Å². The first-order valence-electron chi connectivity index (χ1n) is 5.90. The highest BCUT2D eigenvalue weighted by Gasteiger charge is 2.21. The highest BCUT2D eigenvalue weighted by atomic mass is 32.1. The van der Waals surface area contributed by atoms with E-state index in [0.29, 0.717) is 30.3 Å². The predicted molar refractivity (Wildman–Crippen MR) is 72.8 cm³/mol. The van der Waals surface area contributed by atoms with Gasteiger partial charge in [-0.3, -0.25) is 4.79 Å². The Bertz CT molecular complexity index is 379. The third kappa shape index (κ3) is 3.97. The molecular weight excluding hydrogens is 252 g/mol. The maximum atomic E-state index is 12.3. The van der Waals surface area contributed by atoms with Crippen LogP contribution >= 0.6 is 11.3 Å². The van der Waals surface area contributed by atoms with Crippen molar-refractivity contribution in [1.82, 2.24) is 4.90 Å². The SMILES string of the molecule is CC(C)N(CCOCCO)C(=O)c1sccc1N. The normalized spacial score (nSPS) is 10.9. The van der Waals surface area contributed by atoms with Gasteiger partial charge in [-0.15, -0.1) is 11.3 Å². The standard InChI is InChI=1S/C12H20N2O3S/c1-9(2)14(4-6-17-7-5-15)12(16)11-10(13)3-8-18-11/h3,8-9,15H,4-7,13H2,1-2H3. The Morgan fingerprint density at radius 2 is 2.28 bits per heavy atom. The molecule has 0 aliphatic heterocycles. The molecule has 0 unspecified atom stereocenters. The zero-order valence-electron chi connectivity index (χ0n) is 10.8. The molecule has 0 saturated heterocycles. The van der Waals surface area contributed by atoms with Gasteiger partial charge in [-0.1, -0.05) is 0 Å². The van der Waals surface area contributed by atoms with Crippen LogP contribution in [0.15, 0.2) is 11.4 Å². The maximum Gasteiger partial charge on any atom is 0.266 e. The Morgan fingerprint density at radius 1 is 1.56 bits per heavy atom. The average Bonchev–Trinajstić information content (AvgIpc) is 2.74. The number of anilines is 1. The van der Waals surface area contributed by atoms with Crippen LogP contribution in [0.25, 0.3) is 0 Å². The van der Waals surface area contributed by atoms with E-state index in [-0.39, 0.29) is 18.6 Å². The number of ether oxygens (including phenoxy) is 1. The fourth-order valence-corrected chi connectivity index (χ4v) is 2.32. The number of carbonyl (C=O) groups is 1. The van der Waals surface area contributed by atoms with Gasteiger partial charge in [-0.25, -0.2) is 0 Å². The number of hydrogen-bond acceptors (Lipinski definition) is 5. The summed E-state index contributed by atoms with van der Waals surface area (Å²) in [5.41, 5.74) is 6.27. The van der Waals surface area contributed by atoms with Crippen molar-refractivity contribution in [2.24, 2.45) is 0 Å². The van der Waals surface area contributed by atoms with E-state index in [2.05, 4.69) is 0 Å². The molecule has 6 heteroatoms. The van der Waals surface area contributed by atoms with E-state index >= 15 is 0 Å². The second-order valence-corrected chi connectivity index (χ2v) is 5.05. The quantitative estimate of drug-likeness (QED) is 0.731. The van der Waals surface area contributed by atoms with Gasteiger partial charge >= 0.3 is 0 Å². The monoisotopic (exact) mass is 272 g/mol. The topological polar surface area (TPSA) is 75.8 Å². The average molecular weight is 272 g/mol. The van der Waals surface area contributed by atoms with Gasteiger partial charge in [0.1, 0.15) is 4.88 Å². The number of rotatable bonds is 7. The molecule has 1 aromatic heterocycles. The summed E-state index contributed by atoms with van der Waals surface area (Å²) >= 11 is 1.35. The fourth-order valence-electron chi connectivity index (χ4n) is 1.55. The maximum absolute atomic E-state index is 12.3. The molecule has 3 N–H and O–H groups in total. The van der Waals surface area contributed by atoms with Crippen LogP contribution in [0.5, 0.6) is 0 Å². The zero-order chi connectivity index (χ0) is 13.5. The molecule has 0 spiro atoms. The molecule has 0 atom stereocenters. The molecule has 1 amide bonds. The minimum atomic E-state index is -0.0647. The van der Waals surface area contributed by atoms with Gasteiger partial charge in [0.25, 0.3) is 5.91 Å². The second-order valence-electron chi connectivity index (χ2n) is 4.13. The Kier molecular flexibility index (Phi) is 6.11. The van der Waals surface area contributed by atoms with E-state index in [1.165, 1.54) is 11.3 Å². The van der Waals surface area contributed by atoms with Crippen LogP contribution < -0.4 is 5.73 Å². The summed E-state index contributed by atoms with van der Waals surface area (Å²) in [7, 11) is 0. The van der Waals surface area contributed by atoms with Crippen molar-refractivity contribution >= 4 is 22.9 Å². The summed E-state index contributed by atoms with van der Waals surface area (Å²) in [4.78, 5) is 14.6. The summed E-state index contributed by atoms with van der Waals surface area (Å²) in [5, 5.41) is 10.4. The molecule has 0 fully saturated rings. The third-order valence-corrected chi connectivity index (χ3v) is 3.40. The third-order valence-electron chi connectivity index (χ3n) is 2.49. The van der Waals surface area contributed by atoms with E-state index in [4.69, 9.17) is 15.6 Å². The number of amides is 1. The molecule has 0 radical (unpaired) electrons. The summed E-state index contributed by atoms with van der Waals surface area (Å²) in [6, 6.07) is 1.82. The highest BCUT2D eigenvalue weighted by Crippen LogP contribution is 2.21. The minimum absolute atomic E-state index is 0.00645. The number of nitrogen functional groups attached to an aromatic ring is 1. The van der Waals surface area contributed by atoms with Crippen LogP contribution in [-0.2, 0) is 4.74 Å². The molecule has 1 heterocycles. The Hall–Kier alpha value is -1.11. The van der Waals surface area contributed by atoms with Crippen LogP contribution in [0.1, 0.15) is 23.5 Å². The Morgan fingerprint density at radius 3 is 2.78 bits per heavy atom. The number of thiophene rings is 1. The minimum Gasteiger partial charge on any atom is -0.397 e. The number of aliphatic hydroxyl groups is 1. The van der Waals surface area contributed by atoms with E-state index in [1.54, 1.807) is 11.0 Å². The highest BCUT2D eigenvalue weighted by molar-refractivity contribution is 7.12. The van der Waals surface area contributed by atoms with Crippen LogP contribution in [-0.4, -0.2) is 48.3 Å². The van der Waals surface area contributed by atoms with E-state index < -0.39 is 0 Å². The number of aliphatic hydroxyl groups excluding tert-OH is 1.